The van der Waals surface area contributed by atoms with E-state index in [4.69, 9.17) is 0 Å². The van der Waals surface area contributed by atoms with Crippen molar-refractivity contribution in [2.75, 3.05) is 5.32 Å². The summed E-state index contributed by atoms with van der Waals surface area (Å²) in [4.78, 5) is 30.6. The predicted octanol–water partition coefficient (Wildman–Crippen LogP) is 5.67. The first kappa shape index (κ1) is 21.9. The molecular formula is C25H23N3O2S2. The van der Waals surface area contributed by atoms with E-state index in [1.165, 1.54) is 18.3 Å². The van der Waals surface area contributed by atoms with Gasteiger partial charge in [-0.3, -0.25) is 9.59 Å². The second-order valence-electron chi connectivity index (χ2n) is 7.34. The Morgan fingerprint density at radius 3 is 2.22 bits per heavy atom. The molecule has 5 nitrogen and oxygen atoms in total. The van der Waals surface area contributed by atoms with Gasteiger partial charge in [0.25, 0.3) is 0 Å². The van der Waals surface area contributed by atoms with Gasteiger partial charge in [0.2, 0.25) is 11.8 Å². The van der Waals surface area contributed by atoms with Crippen molar-refractivity contribution in [1.29, 1.82) is 0 Å². The van der Waals surface area contributed by atoms with E-state index in [1.54, 1.807) is 11.3 Å². The zero-order valence-corrected chi connectivity index (χ0v) is 19.2. The van der Waals surface area contributed by atoms with Gasteiger partial charge in [-0.15, -0.1) is 22.7 Å². The Labute approximate surface area is 195 Å². The summed E-state index contributed by atoms with van der Waals surface area (Å²) in [5.41, 5.74) is 3.05. The van der Waals surface area contributed by atoms with Crippen LogP contribution in [0.15, 0.2) is 78.2 Å². The highest BCUT2D eigenvalue weighted by atomic mass is 32.1. The van der Waals surface area contributed by atoms with Crippen LogP contribution in [0.2, 0.25) is 0 Å². The Morgan fingerprint density at radius 2 is 1.59 bits per heavy atom. The van der Waals surface area contributed by atoms with Crippen molar-refractivity contribution < 1.29 is 9.59 Å². The van der Waals surface area contributed by atoms with Crippen molar-refractivity contribution in [3.05, 3.63) is 94.2 Å². The summed E-state index contributed by atoms with van der Waals surface area (Å²) < 4.78 is 0. The summed E-state index contributed by atoms with van der Waals surface area (Å²) in [6.07, 6.45) is 0.336. The molecule has 0 fully saturated rings. The van der Waals surface area contributed by atoms with E-state index in [0.717, 1.165) is 26.6 Å². The van der Waals surface area contributed by atoms with Gasteiger partial charge in [0.1, 0.15) is 0 Å². The molecule has 32 heavy (non-hydrogen) atoms. The molecule has 4 rings (SSSR count). The minimum Gasteiger partial charge on any atom is -0.351 e. The van der Waals surface area contributed by atoms with Gasteiger partial charge >= 0.3 is 0 Å². The molecule has 2 aromatic carbocycles. The maximum Gasteiger partial charge on any atom is 0.227 e. The number of benzene rings is 2. The Balaban J connectivity index is 1.44. The standard InChI is InChI=1S/C25H23N3O2S2/c1-17(29)26-15-20-12-13-23(32-20)22-16-31-25(27-22)28-24(30)14-21(18-8-4-2-5-9-18)19-10-6-3-7-11-19/h2-13,16,21H,14-15H2,1H3,(H,26,29)(H,27,28,30). The number of thiazole rings is 1. The van der Waals surface area contributed by atoms with Gasteiger partial charge < -0.3 is 10.6 Å². The number of hydrogen-bond acceptors (Lipinski definition) is 5. The lowest BCUT2D eigenvalue weighted by Gasteiger charge is -2.17. The molecule has 0 spiro atoms. The molecule has 2 N–H and O–H groups in total. The maximum absolute atomic E-state index is 12.9. The lowest BCUT2D eigenvalue weighted by molar-refractivity contribution is -0.119. The van der Waals surface area contributed by atoms with E-state index >= 15 is 0 Å². The third-order valence-electron chi connectivity index (χ3n) is 4.97. The van der Waals surface area contributed by atoms with Crippen LogP contribution in [-0.2, 0) is 16.1 Å². The molecule has 0 aliphatic rings. The molecule has 0 saturated carbocycles. The van der Waals surface area contributed by atoms with E-state index in [0.29, 0.717) is 18.1 Å². The van der Waals surface area contributed by atoms with Crippen LogP contribution >= 0.6 is 22.7 Å². The molecule has 2 heterocycles. The van der Waals surface area contributed by atoms with Gasteiger partial charge in [0.15, 0.2) is 5.13 Å². The van der Waals surface area contributed by atoms with Crippen LogP contribution in [0.3, 0.4) is 0 Å². The number of rotatable bonds is 8. The van der Waals surface area contributed by atoms with Gasteiger partial charge in [0, 0.05) is 29.5 Å². The number of carbonyl (C=O) groups is 2. The number of nitrogens with zero attached hydrogens (tertiary/aromatic N) is 1. The fourth-order valence-electron chi connectivity index (χ4n) is 3.42. The highest BCUT2D eigenvalue weighted by molar-refractivity contribution is 7.17. The molecule has 0 atom stereocenters. The summed E-state index contributed by atoms with van der Waals surface area (Å²) in [7, 11) is 0. The monoisotopic (exact) mass is 461 g/mol. The van der Waals surface area contributed by atoms with Crippen LogP contribution in [0.25, 0.3) is 10.6 Å². The molecule has 7 heteroatoms. The van der Waals surface area contributed by atoms with Gasteiger partial charge in [-0.1, -0.05) is 60.7 Å². The van der Waals surface area contributed by atoms with Crippen molar-refractivity contribution >= 4 is 39.6 Å². The first-order valence-electron chi connectivity index (χ1n) is 10.3. The summed E-state index contributed by atoms with van der Waals surface area (Å²) in [5.74, 6) is -0.144. The minimum absolute atomic E-state index is 0.0227. The van der Waals surface area contributed by atoms with Crippen LogP contribution in [0, 0.1) is 0 Å². The lowest BCUT2D eigenvalue weighted by atomic mass is 9.88. The molecule has 0 unspecified atom stereocenters. The Kier molecular flexibility index (Phi) is 7.09. The number of amides is 2. The van der Waals surface area contributed by atoms with Crippen molar-refractivity contribution in [3.8, 4) is 10.6 Å². The zero-order valence-electron chi connectivity index (χ0n) is 17.6. The molecule has 2 amide bonds. The zero-order chi connectivity index (χ0) is 22.3. The Bertz CT molecular complexity index is 1150. The minimum atomic E-state index is -0.0684. The molecule has 0 aliphatic carbocycles. The fourth-order valence-corrected chi connectivity index (χ4v) is 5.13. The summed E-state index contributed by atoms with van der Waals surface area (Å²) in [6.45, 7) is 2.01. The van der Waals surface area contributed by atoms with Crippen LogP contribution in [0.5, 0.6) is 0 Å². The largest absolute Gasteiger partial charge is 0.351 e. The van der Waals surface area contributed by atoms with E-state index in [-0.39, 0.29) is 17.7 Å². The Hall–Kier alpha value is -3.29. The SMILES string of the molecule is CC(=O)NCc1ccc(-c2csc(NC(=O)CC(c3ccccc3)c3ccccc3)n2)s1. The quantitative estimate of drug-likeness (QED) is 0.355. The Morgan fingerprint density at radius 1 is 0.938 bits per heavy atom. The molecule has 162 valence electrons. The third kappa shape index (κ3) is 5.69. The number of anilines is 1. The fraction of sp³-hybridized carbons (Fsp3) is 0.160. The molecule has 0 saturated heterocycles. The number of hydrogen-bond donors (Lipinski definition) is 2. The number of aromatic nitrogens is 1. The second kappa shape index (κ2) is 10.3. The van der Waals surface area contributed by atoms with Crippen molar-refractivity contribution in [3.63, 3.8) is 0 Å². The molecule has 0 radical (unpaired) electrons. The van der Waals surface area contributed by atoms with Crippen LogP contribution in [0.1, 0.15) is 35.3 Å². The smallest absolute Gasteiger partial charge is 0.227 e. The molecule has 4 aromatic rings. The summed E-state index contributed by atoms with van der Waals surface area (Å²) >= 11 is 2.99. The van der Waals surface area contributed by atoms with Gasteiger partial charge in [-0.2, -0.15) is 0 Å². The average molecular weight is 462 g/mol. The highest BCUT2D eigenvalue weighted by Crippen LogP contribution is 2.32. The van der Waals surface area contributed by atoms with Crippen LogP contribution < -0.4 is 10.6 Å². The maximum atomic E-state index is 12.9. The molecule has 0 bridgehead atoms. The van der Waals surface area contributed by atoms with Gasteiger partial charge in [0.05, 0.1) is 17.1 Å². The lowest BCUT2D eigenvalue weighted by Crippen LogP contribution is -2.17. The van der Waals surface area contributed by atoms with E-state index in [9.17, 15) is 9.59 Å². The third-order valence-corrected chi connectivity index (χ3v) is 6.84. The van der Waals surface area contributed by atoms with Gasteiger partial charge in [-0.05, 0) is 23.3 Å². The number of nitrogens with one attached hydrogen (secondary N) is 2. The average Bonchev–Trinajstić information content (AvgIpc) is 3.47. The molecular weight excluding hydrogens is 438 g/mol. The van der Waals surface area contributed by atoms with Crippen molar-refractivity contribution in [2.45, 2.75) is 25.8 Å². The van der Waals surface area contributed by atoms with Crippen LogP contribution in [-0.4, -0.2) is 16.8 Å². The van der Waals surface area contributed by atoms with E-state index < -0.39 is 0 Å². The predicted molar refractivity (Wildman–Crippen MR) is 131 cm³/mol. The summed E-state index contributed by atoms with van der Waals surface area (Å²) in [6, 6.07) is 24.2. The molecule has 0 aliphatic heterocycles. The first-order valence-corrected chi connectivity index (χ1v) is 12.0. The van der Waals surface area contributed by atoms with Crippen molar-refractivity contribution in [1.82, 2.24) is 10.3 Å². The highest BCUT2D eigenvalue weighted by Gasteiger charge is 2.19. The summed E-state index contributed by atoms with van der Waals surface area (Å²) in [5, 5.41) is 8.29. The molecule has 2 aromatic heterocycles. The van der Waals surface area contributed by atoms with E-state index in [2.05, 4.69) is 39.9 Å². The number of thiophene rings is 1. The first-order chi connectivity index (χ1) is 15.6. The van der Waals surface area contributed by atoms with Crippen LogP contribution in [0.4, 0.5) is 5.13 Å². The van der Waals surface area contributed by atoms with E-state index in [1.807, 2.05) is 53.9 Å². The second-order valence-corrected chi connectivity index (χ2v) is 9.37. The van der Waals surface area contributed by atoms with Crippen molar-refractivity contribution in [2.24, 2.45) is 0 Å². The normalized spacial score (nSPS) is 10.8. The number of carbonyl (C=O) groups excluding carboxylic acids is 2. The topological polar surface area (TPSA) is 71.1 Å². The van der Waals surface area contributed by atoms with Gasteiger partial charge in [-0.25, -0.2) is 4.98 Å².